The molecule has 0 saturated carbocycles. The predicted octanol–water partition coefficient (Wildman–Crippen LogP) is 1.75. The first-order valence-corrected chi connectivity index (χ1v) is 7.40. The zero-order valence-corrected chi connectivity index (χ0v) is 12.4. The van der Waals surface area contributed by atoms with Crippen molar-refractivity contribution in [2.45, 2.75) is 26.0 Å². The van der Waals surface area contributed by atoms with Crippen LogP contribution in [-0.4, -0.2) is 32.9 Å². The van der Waals surface area contributed by atoms with Crippen LogP contribution in [0.3, 0.4) is 0 Å². The molecule has 22 heavy (non-hydrogen) atoms. The number of nitriles is 1. The molecule has 1 saturated heterocycles. The highest BCUT2D eigenvalue weighted by molar-refractivity contribution is 5.33. The summed E-state index contributed by atoms with van der Waals surface area (Å²) in [6, 6.07) is 1.96. The molecule has 0 unspecified atom stereocenters. The molecule has 7 heteroatoms. The Balaban J connectivity index is 1.62. The van der Waals surface area contributed by atoms with Crippen molar-refractivity contribution in [3.63, 3.8) is 0 Å². The molecule has 1 N–H and O–H groups in total. The van der Waals surface area contributed by atoms with E-state index in [9.17, 15) is 0 Å². The van der Waals surface area contributed by atoms with Crippen molar-refractivity contribution in [2.75, 3.05) is 18.5 Å². The van der Waals surface area contributed by atoms with Crippen molar-refractivity contribution >= 4 is 5.82 Å². The van der Waals surface area contributed by atoms with Gasteiger partial charge in [-0.05, 0) is 13.3 Å². The Hall–Kier alpha value is -2.46. The van der Waals surface area contributed by atoms with E-state index in [0.717, 1.165) is 31.7 Å². The fourth-order valence-electron chi connectivity index (χ4n) is 2.62. The third kappa shape index (κ3) is 3.07. The van der Waals surface area contributed by atoms with Crippen molar-refractivity contribution in [3.8, 4) is 6.07 Å². The predicted molar refractivity (Wildman–Crippen MR) is 79.9 cm³/mol. The summed E-state index contributed by atoms with van der Waals surface area (Å²) < 4.78 is 7.77. The van der Waals surface area contributed by atoms with E-state index in [1.165, 1.54) is 6.20 Å². The van der Waals surface area contributed by atoms with Crippen molar-refractivity contribution < 1.29 is 4.74 Å². The smallest absolute Gasteiger partial charge is 0.158 e. The zero-order valence-electron chi connectivity index (χ0n) is 12.4. The number of hydrogen-bond donors (Lipinski definition) is 1. The molecular formula is C15H18N6O. The number of hydrogen-bond acceptors (Lipinski definition) is 6. The maximum atomic E-state index is 8.72. The maximum Gasteiger partial charge on any atom is 0.158 e. The molecule has 0 aromatic carbocycles. The molecule has 2 atom stereocenters. The van der Waals surface area contributed by atoms with E-state index in [4.69, 9.17) is 10.00 Å². The van der Waals surface area contributed by atoms with Gasteiger partial charge in [0.1, 0.15) is 11.9 Å². The summed E-state index contributed by atoms with van der Waals surface area (Å²) in [5.41, 5.74) is 1.44. The zero-order chi connectivity index (χ0) is 15.4. The van der Waals surface area contributed by atoms with Gasteiger partial charge in [-0.3, -0.25) is 4.68 Å². The SMILES string of the molecule is CCn1cc([C@@H]2OCC[C@H]2CNc2cnc(C#N)cn2)cn1. The third-order valence-electron chi connectivity index (χ3n) is 3.83. The Morgan fingerprint density at radius 3 is 3.00 bits per heavy atom. The summed E-state index contributed by atoms with van der Waals surface area (Å²) in [5.74, 6) is 1.04. The molecule has 0 radical (unpaired) electrons. The van der Waals surface area contributed by atoms with Gasteiger partial charge in [0.2, 0.25) is 0 Å². The monoisotopic (exact) mass is 298 g/mol. The molecule has 2 aromatic heterocycles. The van der Waals surface area contributed by atoms with Gasteiger partial charge in [-0.2, -0.15) is 10.4 Å². The van der Waals surface area contributed by atoms with Crippen LogP contribution in [0.15, 0.2) is 24.8 Å². The van der Waals surface area contributed by atoms with Gasteiger partial charge >= 0.3 is 0 Å². The van der Waals surface area contributed by atoms with Crippen molar-refractivity contribution in [1.29, 1.82) is 5.26 Å². The van der Waals surface area contributed by atoms with Crippen LogP contribution in [0.25, 0.3) is 0 Å². The van der Waals surface area contributed by atoms with Crippen molar-refractivity contribution in [2.24, 2.45) is 5.92 Å². The molecule has 114 valence electrons. The van der Waals surface area contributed by atoms with E-state index in [0.29, 0.717) is 17.4 Å². The maximum absolute atomic E-state index is 8.72. The average Bonchev–Trinajstić information content (AvgIpc) is 3.21. The highest BCUT2D eigenvalue weighted by Gasteiger charge is 2.30. The van der Waals surface area contributed by atoms with Crippen LogP contribution in [-0.2, 0) is 11.3 Å². The molecule has 0 bridgehead atoms. The minimum atomic E-state index is 0.0686. The van der Waals surface area contributed by atoms with E-state index in [2.05, 4.69) is 27.3 Å². The minimum absolute atomic E-state index is 0.0686. The molecule has 1 aliphatic heterocycles. The third-order valence-corrected chi connectivity index (χ3v) is 3.83. The lowest BCUT2D eigenvalue weighted by atomic mass is 9.97. The number of ether oxygens (including phenoxy) is 1. The lowest BCUT2D eigenvalue weighted by Gasteiger charge is -2.17. The molecule has 3 rings (SSSR count). The van der Waals surface area contributed by atoms with E-state index in [1.54, 1.807) is 6.20 Å². The summed E-state index contributed by atoms with van der Waals surface area (Å²) in [7, 11) is 0. The molecule has 2 aromatic rings. The van der Waals surface area contributed by atoms with Crippen LogP contribution in [0.4, 0.5) is 5.82 Å². The molecule has 7 nitrogen and oxygen atoms in total. The van der Waals surface area contributed by atoms with Crippen LogP contribution >= 0.6 is 0 Å². The highest BCUT2D eigenvalue weighted by atomic mass is 16.5. The Labute approximate surface area is 129 Å². The number of rotatable bonds is 5. The number of aromatic nitrogens is 4. The normalized spacial score (nSPS) is 20.7. The summed E-state index contributed by atoms with van der Waals surface area (Å²) in [5, 5.41) is 16.3. The molecular weight excluding hydrogens is 280 g/mol. The van der Waals surface area contributed by atoms with E-state index < -0.39 is 0 Å². The molecule has 0 amide bonds. The van der Waals surface area contributed by atoms with Gasteiger partial charge < -0.3 is 10.1 Å². The Bertz CT molecular complexity index is 659. The summed E-state index contributed by atoms with van der Waals surface area (Å²) in [4.78, 5) is 8.18. The molecule has 0 spiro atoms. The minimum Gasteiger partial charge on any atom is -0.373 e. The van der Waals surface area contributed by atoms with Gasteiger partial charge in [0.15, 0.2) is 5.69 Å². The summed E-state index contributed by atoms with van der Waals surface area (Å²) in [6.07, 6.45) is 8.05. The number of nitrogens with one attached hydrogen (secondary N) is 1. The first-order chi connectivity index (χ1) is 10.8. The van der Waals surface area contributed by atoms with Crippen molar-refractivity contribution in [1.82, 2.24) is 19.7 Å². The molecule has 0 aliphatic carbocycles. The summed E-state index contributed by atoms with van der Waals surface area (Å²) in [6.45, 7) is 4.43. The second-order valence-corrected chi connectivity index (χ2v) is 5.25. The second kappa shape index (κ2) is 6.54. The van der Waals surface area contributed by atoms with Gasteiger partial charge in [-0.1, -0.05) is 0 Å². The van der Waals surface area contributed by atoms with Crippen LogP contribution in [0.5, 0.6) is 0 Å². The van der Waals surface area contributed by atoms with Gasteiger partial charge in [0.05, 0.1) is 24.7 Å². The first-order valence-electron chi connectivity index (χ1n) is 7.40. The quantitative estimate of drug-likeness (QED) is 0.904. The molecule has 1 fully saturated rings. The molecule has 3 heterocycles. The fourth-order valence-corrected chi connectivity index (χ4v) is 2.62. The lowest BCUT2D eigenvalue weighted by molar-refractivity contribution is 0.0932. The van der Waals surface area contributed by atoms with Crippen molar-refractivity contribution in [3.05, 3.63) is 36.0 Å². The van der Waals surface area contributed by atoms with E-state index in [-0.39, 0.29) is 6.10 Å². The van der Waals surface area contributed by atoms with Crippen LogP contribution in [0.2, 0.25) is 0 Å². The number of aryl methyl sites for hydroxylation is 1. The van der Waals surface area contributed by atoms with Crippen LogP contribution in [0.1, 0.15) is 30.7 Å². The average molecular weight is 298 g/mol. The van der Waals surface area contributed by atoms with Gasteiger partial charge in [0, 0.05) is 37.4 Å². The Kier molecular flexibility index (Phi) is 4.30. The molecule has 1 aliphatic rings. The lowest BCUT2D eigenvalue weighted by Crippen LogP contribution is -2.18. The Morgan fingerprint density at radius 1 is 1.41 bits per heavy atom. The van der Waals surface area contributed by atoms with E-state index >= 15 is 0 Å². The number of nitrogens with zero attached hydrogens (tertiary/aromatic N) is 5. The van der Waals surface area contributed by atoms with Gasteiger partial charge in [-0.25, -0.2) is 9.97 Å². The standard InChI is InChI=1S/C15H18N6O/c1-2-21-10-12(7-20-21)15-11(3-4-22-15)6-18-14-9-17-13(5-16)8-19-14/h7-11,15H,2-4,6H2,1H3,(H,18,19)/t11-,15+/m0/s1. The fraction of sp³-hybridized carbons (Fsp3) is 0.467. The Morgan fingerprint density at radius 2 is 2.32 bits per heavy atom. The highest BCUT2D eigenvalue weighted by Crippen LogP contribution is 2.34. The van der Waals surface area contributed by atoms with Crippen LogP contribution < -0.4 is 5.32 Å². The second-order valence-electron chi connectivity index (χ2n) is 5.25. The van der Waals surface area contributed by atoms with Gasteiger partial charge in [-0.15, -0.1) is 0 Å². The van der Waals surface area contributed by atoms with Crippen LogP contribution in [0, 0.1) is 17.2 Å². The summed E-state index contributed by atoms with van der Waals surface area (Å²) >= 11 is 0. The van der Waals surface area contributed by atoms with E-state index in [1.807, 2.05) is 23.1 Å². The largest absolute Gasteiger partial charge is 0.373 e. The van der Waals surface area contributed by atoms with Gasteiger partial charge in [0.25, 0.3) is 0 Å². The topological polar surface area (TPSA) is 88.6 Å². The first kappa shape index (κ1) is 14.5. The number of anilines is 1.